The molecule has 9 heteroatoms. The molecule has 0 bridgehead atoms. The van der Waals surface area contributed by atoms with E-state index in [-0.39, 0.29) is 12.3 Å². The number of carbonyl (C=O) groups is 3. The third-order valence-corrected chi connectivity index (χ3v) is 8.68. The fourth-order valence-electron chi connectivity index (χ4n) is 5.88. The molecule has 4 rings (SSSR count). The number of methoxy groups -OCH3 is 1. The van der Waals surface area contributed by atoms with Gasteiger partial charge in [-0.25, -0.2) is 0 Å². The van der Waals surface area contributed by atoms with Gasteiger partial charge in [0.05, 0.1) is 32.2 Å². The molecule has 264 valence electrons. The number of hydrogen-bond acceptors (Lipinski definition) is 8. The van der Waals surface area contributed by atoms with Crippen molar-refractivity contribution in [3.63, 3.8) is 0 Å². The van der Waals surface area contributed by atoms with Crippen LogP contribution >= 0.6 is 0 Å². The van der Waals surface area contributed by atoms with Crippen LogP contribution in [0.3, 0.4) is 0 Å². The second kappa shape index (κ2) is 20.1. The summed E-state index contributed by atoms with van der Waals surface area (Å²) in [5.74, 6) is 0.344. The summed E-state index contributed by atoms with van der Waals surface area (Å²) >= 11 is 0. The molecule has 0 aliphatic heterocycles. The first-order valence-corrected chi connectivity index (χ1v) is 17.7. The van der Waals surface area contributed by atoms with Crippen molar-refractivity contribution in [2.45, 2.75) is 90.5 Å². The van der Waals surface area contributed by atoms with E-state index < -0.39 is 29.8 Å². The summed E-state index contributed by atoms with van der Waals surface area (Å²) in [6.07, 6.45) is 9.84. The van der Waals surface area contributed by atoms with Gasteiger partial charge in [0.25, 0.3) is 5.91 Å². The van der Waals surface area contributed by atoms with E-state index >= 15 is 0 Å². The van der Waals surface area contributed by atoms with Crippen molar-refractivity contribution < 1.29 is 38.1 Å². The maximum absolute atomic E-state index is 13.5. The lowest BCUT2D eigenvalue weighted by molar-refractivity contribution is -0.145. The molecule has 9 nitrogen and oxygen atoms in total. The Morgan fingerprint density at radius 3 is 1.43 bits per heavy atom. The molecule has 3 aromatic carbocycles. The number of amides is 1. The Morgan fingerprint density at radius 2 is 1.00 bits per heavy atom. The highest BCUT2D eigenvalue weighted by atomic mass is 16.5. The van der Waals surface area contributed by atoms with E-state index in [1.807, 2.05) is 0 Å². The van der Waals surface area contributed by atoms with E-state index in [0.717, 1.165) is 25.7 Å². The Kier molecular flexibility index (Phi) is 15.3. The predicted molar refractivity (Wildman–Crippen MR) is 189 cm³/mol. The molecule has 0 spiro atoms. The lowest BCUT2D eigenvalue weighted by Crippen LogP contribution is -2.45. The summed E-state index contributed by atoms with van der Waals surface area (Å²) in [5, 5.41) is 3.02. The molecule has 0 saturated heterocycles. The van der Waals surface area contributed by atoms with Gasteiger partial charge in [-0.1, -0.05) is 52.4 Å². The maximum Gasteiger partial charge on any atom is 0.314 e. The Hall–Kier alpha value is -4.53. The van der Waals surface area contributed by atoms with Crippen molar-refractivity contribution >= 4 is 17.8 Å². The first-order chi connectivity index (χ1) is 23.9. The minimum atomic E-state index is -0.634. The number of benzene rings is 3. The van der Waals surface area contributed by atoms with Crippen molar-refractivity contribution in [1.82, 2.24) is 5.32 Å². The molecule has 0 heterocycles. The zero-order chi connectivity index (χ0) is 34.8. The first-order valence-electron chi connectivity index (χ1n) is 17.7. The Morgan fingerprint density at radius 1 is 0.571 bits per heavy atom. The van der Waals surface area contributed by atoms with Crippen molar-refractivity contribution in [2.24, 2.45) is 11.8 Å². The standard InChI is InChI=1S/C40H51NO8/c1-4-6-8-10-24-46-34-16-20-36(21-17-34)48-39(43)30-26-31(28-32(27-30)41-38(42)29-12-14-33(45-3)15-13-29)40(44)49-37-22-18-35(19-23-37)47-25-11-9-7-5-2/h12-23,30-32H,4-11,24-28H2,1-3H3,(H,41,42). The van der Waals surface area contributed by atoms with E-state index in [0.29, 0.717) is 60.4 Å². The van der Waals surface area contributed by atoms with Gasteiger partial charge in [-0.15, -0.1) is 0 Å². The molecule has 0 radical (unpaired) electrons. The van der Waals surface area contributed by atoms with Gasteiger partial charge < -0.3 is 29.0 Å². The Balaban J connectivity index is 1.38. The molecule has 1 aliphatic rings. The number of hydrogen-bond donors (Lipinski definition) is 1. The van der Waals surface area contributed by atoms with E-state index in [2.05, 4.69) is 19.2 Å². The van der Waals surface area contributed by atoms with Crippen LogP contribution in [0.5, 0.6) is 28.7 Å². The number of carbonyl (C=O) groups excluding carboxylic acids is 3. The lowest BCUT2D eigenvalue weighted by atomic mass is 9.78. The zero-order valence-corrected chi connectivity index (χ0v) is 29.1. The molecular weight excluding hydrogens is 622 g/mol. The Bertz CT molecular complexity index is 1360. The number of nitrogens with one attached hydrogen (secondary N) is 1. The molecule has 1 saturated carbocycles. The van der Waals surface area contributed by atoms with E-state index in [1.165, 1.54) is 25.7 Å². The van der Waals surface area contributed by atoms with Gasteiger partial charge in [0.15, 0.2) is 0 Å². The third kappa shape index (κ3) is 12.5. The van der Waals surface area contributed by atoms with Crippen molar-refractivity contribution in [3.05, 3.63) is 78.4 Å². The summed E-state index contributed by atoms with van der Waals surface area (Å²) in [5.41, 5.74) is 0.449. The van der Waals surface area contributed by atoms with Crippen LogP contribution in [0.15, 0.2) is 72.8 Å². The summed E-state index contributed by atoms with van der Waals surface area (Å²) in [6.45, 7) is 5.62. The molecule has 2 unspecified atom stereocenters. The van der Waals surface area contributed by atoms with Crippen LogP contribution in [-0.2, 0) is 9.59 Å². The summed E-state index contributed by atoms with van der Waals surface area (Å²) in [4.78, 5) is 40.1. The van der Waals surface area contributed by atoms with E-state index in [1.54, 1.807) is 79.9 Å². The van der Waals surface area contributed by atoms with Gasteiger partial charge in [0, 0.05) is 11.6 Å². The largest absolute Gasteiger partial charge is 0.497 e. The SMILES string of the molecule is CCCCCCOc1ccc(OC(=O)C2CC(NC(=O)c3ccc(OC)cc3)CC(C(=O)Oc3ccc(OCCCCCC)cc3)C2)cc1. The van der Waals surface area contributed by atoms with Gasteiger partial charge in [0.1, 0.15) is 28.7 Å². The zero-order valence-electron chi connectivity index (χ0n) is 29.1. The topological polar surface area (TPSA) is 109 Å². The van der Waals surface area contributed by atoms with Crippen LogP contribution < -0.4 is 29.0 Å². The molecule has 0 aromatic heterocycles. The highest BCUT2D eigenvalue weighted by Crippen LogP contribution is 2.33. The molecular formula is C40H51NO8. The molecule has 1 aliphatic carbocycles. The molecule has 1 N–H and O–H groups in total. The second-order valence-corrected chi connectivity index (χ2v) is 12.6. The molecule has 1 amide bonds. The van der Waals surface area contributed by atoms with Gasteiger partial charge in [-0.3, -0.25) is 14.4 Å². The van der Waals surface area contributed by atoms with Crippen LogP contribution in [0.1, 0.15) is 94.8 Å². The van der Waals surface area contributed by atoms with Crippen LogP contribution in [0, 0.1) is 11.8 Å². The quantitative estimate of drug-likeness (QED) is 0.0769. The smallest absolute Gasteiger partial charge is 0.314 e. The van der Waals surface area contributed by atoms with Gasteiger partial charge in [-0.05, 0) is 105 Å². The normalized spacial score (nSPS) is 17.1. The average Bonchev–Trinajstić information content (AvgIpc) is 3.12. The molecule has 2 atom stereocenters. The van der Waals surface area contributed by atoms with Crippen molar-refractivity contribution in [1.29, 1.82) is 0 Å². The highest BCUT2D eigenvalue weighted by Gasteiger charge is 2.39. The summed E-state index contributed by atoms with van der Waals surface area (Å²) in [7, 11) is 1.56. The van der Waals surface area contributed by atoms with Crippen molar-refractivity contribution in [3.8, 4) is 28.7 Å². The number of unbranched alkanes of at least 4 members (excludes halogenated alkanes) is 6. The number of esters is 2. The Labute approximate surface area is 290 Å². The summed E-state index contributed by atoms with van der Waals surface area (Å²) < 4.78 is 28.3. The van der Waals surface area contributed by atoms with Gasteiger partial charge >= 0.3 is 11.9 Å². The van der Waals surface area contributed by atoms with Crippen molar-refractivity contribution in [2.75, 3.05) is 20.3 Å². The fourth-order valence-corrected chi connectivity index (χ4v) is 5.88. The van der Waals surface area contributed by atoms with Gasteiger partial charge in [0.2, 0.25) is 0 Å². The van der Waals surface area contributed by atoms with E-state index in [9.17, 15) is 14.4 Å². The lowest BCUT2D eigenvalue weighted by Gasteiger charge is -2.33. The summed E-state index contributed by atoms with van der Waals surface area (Å²) in [6, 6.07) is 20.3. The maximum atomic E-state index is 13.5. The third-order valence-electron chi connectivity index (χ3n) is 8.68. The number of rotatable bonds is 19. The van der Waals surface area contributed by atoms with Crippen LogP contribution in [0.25, 0.3) is 0 Å². The van der Waals surface area contributed by atoms with Crippen LogP contribution in [0.2, 0.25) is 0 Å². The monoisotopic (exact) mass is 673 g/mol. The molecule has 3 aromatic rings. The second-order valence-electron chi connectivity index (χ2n) is 12.6. The minimum Gasteiger partial charge on any atom is -0.497 e. The fraction of sp³-hybridized carbons (Fsp3) is 0.475. The predicted octanol–water partition coefficient (Wildman–Crippen LogP) is 8.34. The molecule has 49 heavy (non-hydrogen) atoms. The van der Waals surface area contributed by atoms with Crippen LogP contribution in [0.4, 0.5) is 0 Å². The van der Waals surface area contributed by atoms with Crippen LogP contribution in [-0.4, -0.2) is 44.2 Å². The minimum absolute atomic E-state index is 0.241. The first kappa shape index (κ1) is 37.3. The highest BCUT2D eigenvalue weighted by molar-refractivity contribution is 5.94. The van der Waals surface area contributed by atoms with E-state index in [4.69, 9.17) is 23.7 Å². The van der Waals surface area contributed by atoms with Gasteiger partial charge in [-0.2, -0.15) is 0 Å². The number of ether oxygens (including phenoxy) is 5. The molecule has 1 fully saturated rings. The average molecular weight is 674 g/mol.